The molecule has 28 heavy (non-hydrogen) atoms. The zero-order valence-electron chi connectivity index (χ0n) is 15.0. The van der Waals surface area contributed by atoms with E-state index < -0.39 is 0 Å². The number of benzene rings is 3. The largest absolute Gasteiger partial charge is 0.481 e. The van der Waals surface area contributed by atoms with Gasteiger partial charge in [0.05, 0.1) is 10.4 Å². The molecule has 0 bridgehead atoms. The zero-order chi connectivity index (χ0) is 19.7. The summed E-state index contributed by atoms with van der Waals surface area (Å²) in [6, 6.07) is 18.4. The van der Waals surface area contributed by atoms with E-state index >= 15 is 0 Å². The van der Waals surface area contributed by atoms with Crippen molar-refractivity contribution >= 4 is 22.6 Å². The zero-order valence-corrected chi connectivity index (χ0v) is 15.8. The lowest BCUT2D eigenvalue weighted by Gasteiger charge is -2.13. The molecule has 3 nitrogen and oxygen atoms in total. The molecule has 0 unspecified atom stereocenters. The van der Waals surface area contributed by atoms with E-state index in [2.05, 4.69) is 0 Å². The summed E-state index contributed by atoms with van der Waals surface area (Å²) in [4.78, 5) is 13.2. The van der Waals surface area contributed by atoms with Crippen LogP contribution < -0.4 is 10.2 Å². The minimum Gasteiger partial charge on any atom is -0.481 e. The summed E-state index contributed by atoms with van der Waals surface area (Å²) in [6.07, 6.45) is 0. The molecule has 4 rings (SSSR count). The van der Waals surface area contributed by atoms with Crippen LogP contribution in [0.15, 0.2) is 75.9 Å². The number of ether oxygens (including phenoxy) is 1. The number of halogens is 2. The summed E-state index contributed by atoms with van der Waals surface area (Å²) in [7, 11) is 0. The van der Waals surface area contributed by atoms with E-state index in [1.165, 1.54) is 12.1 Å². The highest BCUT2D eigenvalue weighted by Gasteiger charge is 2.19. The molecule has 1 aromatic heterocycles. The molecule has 0 amide bonds. The molecule has 0 saturated carbocycles. The Bertz CT molecular complexity index is 1210. The van der Waals surface area contributed by atoms with Gasteiger partial charge in [0.25, 0.3) is 0 Å². The fraction of sp³-hybridized carbons (Fsp3) is 0.0870. The third kappa shape index (κ3) is 3.51. The van der Waals surface area contributed by atoms with E-state index in [1.54, 1.807) is 42.5 Å². The van der Waals surface area contributed by atoms with E-state index in [4.69, 9.17) is 20.8 Å². The van der Waals surface area contributed by atoms with Gasteiger partial charge in [0.1, 0.15) is 18.0 Å². The van der Waals surface area contributed by atoms with E-state index in [0.29, 0.717) is 21.6 Å². The fourth-order valence-electron chi connectivity index (χ4n) is 2.98. The standard InChI is InChI=1S/C23H16ClFO3/c1-14-6-11-20-18(12-14)21(26)23(27-13-15-7-9-16(25)10-8-15)22(28-20)17-4-2-3-5-19(17)24/h2-12H,13H2,1H3. The van der Waals surface area contributed by atoms with Crippen molar-refractivity contribution in [3.8, 4) is 17.1 Å². The molecule has 0 fully saturated rings. The van der Waals surface area contributed by atoms with Crippen LogP contribution in [-0.4, -0.2) is 0 Å². The lowest BCUT2D eigenvalue weighted by Crippen LogP contribution is -2.10. The second-order valence-electron chi connectivity index (χ2n) is 6.48. The van der Waals surface area contributed by atoms with Crippen LogP contribution in [0, 0.1) is 12.7 Å². The second-order valence-corrected chi connectivity index (χ2v) is 6.89. The normalized spacial score (nSPS) is 11.0. The smallest absolute Gasteiger partial charge is 0.235 e. The van der Waals surface area contributed by atoms with E-state index in [1.807, 2.05) is 19.1 Å². The first-order valence-electron chi connectivity index (χ1n) is 8.72. The first kappa shape index (κ1) is 18.3. The first-order chi connectivity index (χ1) is 13.5. The average molecular weight is 395 g/mol. The number of aryl methyl sites for hydroxylation is 1. The van der Waals surface area contributed by atoms with Crippen molar-refractivity contribution in [2.24, 2.45) is 0 Å². The molecular formula is C23H16ClFO3. The van der Waals surface area contributed by atoms with Gasteiger partial charge in [0, 0.05) is 5.56 Å². The van der Waals surface area contributed by atoms with Gasteiger partial charge in [-0.3, -0.25) is 4.79 Å². The van der Waals surface area contributed by atoms with Gasteiger partial charge in [-0.1, -0.05) is 47.5 Å². The lowest BCUT2D eigenvalue weighted by molar-refractivity contribution is 0.297. The molecule has 0 spiro atoms. The number of rotatable bonds is 4. The summed E-state index contributed by atoms with van der Waals surface area (Å²) in [5.74, 6) is 0.0193. The van der Waals surface area contributed by atoms with Crippen molar-refractivity contribution in [2.75, 3.05) is 0 Å². The topological polar surface area (TPSA) is 39.4 Å². The predicted molar refractivity (Wildman–Crippen MR) is 108 cm³/mol. The minimum atomic E-state index is -0.332. The van der Waals surface area contributed by atoms with Crippen LogP contribution in [0.4, 0.5) is 4.39 Å². The van der Waals surface area contributed by atoms with Gasteiger partial charge in [-0.25, -0.2) is 4.39 Å². The quantitative estimate of drug-likeness (QED) is 0.417. The van der Waals surface area contributed by atoms with Crippen LogP contribution in [0.1, 0.15) is 11.1 Å². The SMILES string of the molecule is Cc1ccc2oc(-c3ccccc3Cl)c(OCc3ccc(F)cc3)c(=O)c2c1. The van der Waals surface area contributed by atoms with Gasteiger partial charge in [-0.2, -0.15) is 0 Å². The fourth-order valence-corrected chi connectivity index (χ4v) is 3.20. The Morgan fingerprint density at radius 1 is 1.04 bits per heavy atom. The first-order valence-corrected chi connectivity index (χ1v) is 9.10. The highest BCUT2D eigenvalue weighted by molar-refractivity contribution is 6.33. The van der Waals surface area contributed by atoms with Crippen molar-refractivity contribution < 1.29 is 13.5 Å². The van der Waals surface area contributed by atoms with Crippen LogP contribution in [0.5, 0.6) is 5.75 Å². The maximum Gasteiger partial charge on any atom is 0.235 e. The molecule has 0 aliphatic rings. The Morgan fingerprint density at radius 3 is 2.54 bits per heavy atom. The van der Waals surface area contributed by atoms with Crippen molar-refractivity contribution in [2.45, 2.75) is 13.5 Å². The Balaban J connectivity index is 1.87. The molecule has 0 saturated heterocycles. The summed E-state index contributed by atoms with van der Waals surface area (Å²) in [6.45, 7) is 2.00. The van der Waals surface area contributed by atoms with Crippen molar-refractivity contribution in [1.29, 1.82) is 0 Å². The van der Waals surface area contributed by atoms with E-state index in [9.17, 15) is 9.18 Å². The molecule has 0 N–H and O–H groups in total. The predicted octanol–water partition coefficient (Wildman–Crippen LogP) is 6.14. The van der Waals surface area contributed by atoms with Crippen molar-refractivity contribution in [3.63, 3.8) is 0 Å². The Kier molecular flexibility index (Phi) is 4.88. The molecular weight excluding hydrogens is 379 g/mol. The molecule has 4 aromatic rings. The third-order valence-corrected chi connectivity index (χ3v) is 4.75. The van der Waals surface area contributed by atoms with Gasteiger partial charge >= 0.3 is 0 Å². The van der Waals surface area contributed by atoms with Crippen LogP contribution in [0.3, 0.4) is 0 Å². The molecule has 140 valence electrons. The van der Waals surface area contributed by atoms with E-state index in [-0.39, 0.29) is 29.4 Å². The molecule has 0 atom stereocenters. The average Bonchev–Trinajstić information content (AvgIpc) is 2.69. The maximum absolute atomic E-state index is 13.2. The van der Waals surface area contributed by atoms with Gasteiger partial charge in [-0.05, 0) is 48.9 Å². The van der Waals surface area contributed by atoms with E-state index in [0.717, 1.165) is 11.1 Å². The monoisotopic (exact) mass is 394 g/mol. The summed E-state index contributed by atoms with van der Waals surface area (Å²) in [5.41, 5.74) is 2.42. The Morgan fingerprint density at radius 2 is 1.79 bits per heavy atom. The van der Waals surface area contributed by atoms with Gasteiger partial charge in [-0.15, -0.1) is 0 Å². The van der Waals surface area contributed by atoms with Crippen LogP contribution in [-0.2, 0) is 6.61 Å². The van der Waals surface area contributed by atoms with Gasteiger partial charge in [0.15, 0.2) is 5.76 Å². The highest BCUT2D eigenvalue weighted by Crippen LogP contribution is 2.35. The van der Waals surface area contributed by atoms with Crippen LogP contribution in [0.2, 0.25) is 5.02 Å². The Labute approximate surface area is 166 Å². The Hall–Kier alpha value is -3.11. The molecule has 0 aliphatic carbocycles. The lowest BCUT2D eigenvalue weighted by atomic mass is 10.1. The van der Waals surface area contributed by atoms with Gasteiger partial charge < -0.3 is 9.15 Å². The highest BCUT2D eigenvalue weighted by atomic mass is 35.5. The van der Waals surface area contributed by atoms with Crippen molar-refractivity contribution in [1.82, 2.24) is 0 Å². The maximum atomic E-state index is 13.2. The summed E-state index contributed by atoms with van der Waals surface area (Å²) >= 11 is 6.33. The van der Waals surface area contributed by atoms with Crippen LogP contribution >= 0.6 is 11.6 Å². The number of hydrogen-bond acceptors (Lipinski definition) is 3. The van der Waals surface area contributed by atoms with Gasteiger partial charge in [0.2, 0.25) is 11.2 Å². The third-order valence-electron chi connectivity index (χ3n) is 4.42. The minimum absolute atomic E-state index is 0.0792. The molecule has 3 aromatic carbocycles. The molecule has 0 aliphatic heterocycles. The number of fused-ring (bicyclic) bond motifs is 1. The van der Waals surface area contributed by atoms with Crippen molar-refractivity contribution in [3.05, 3.63) is 98.9 Å². The summed E-state index contributed by atoms with van der Waals surface area (Å²) in [5, 5.41) is 0.883. The summed E-state index contributed by atoms with van der Waals surface area (Å²) < 4.78 is 25.0. The molecule has 5 heteroatoms. The molecule has 1 heterocycles. The number of hydrogen-bond donors (Lipinski definition) is 0. The van der Waals surface area contributed by atoms with Crippen LogP contribution in [0.25, 0.3) is 22.3 Å². The second kappa shape index (κ2) is 7.49. The molecule has 0 radical (unpaired) electrons.